The minimum Gasteiger partial charge on any atom is -0.493 e. The maximum absolute atomic E-state index is 12.8. The Hall–Kier alpha value is -2.36. The van der Waals surface area contributed by atoms with Crippen LogP contribution in [0.2, 0.25) is 0 Å². The van der Waals surface area contributed by atoms with Gasteiger partial charge in [-0.25, -0.2) is 0 Å². The molecule has 9 nitrogen and oxygen atoms in total. The van der Waals surface area contributed by atoms with Crippen molar-refractivity contribution in [2.75, 3.05) is 53.7 Å². The van der Waals surface area contributed by atoms with Gasteiger partial charge in [0.05, 0.1) is 45.2 Å². The van der Waals surface area contributed by atoms with Crippen LogP contribution in [-0.4, -0.2) is 81.7 Å². The standard InChI is InChI=1S/C17H26N2O5.C2H4O2/c1-19(11-13-12-22-9-10-23-13)17(20)14-5-3-6-15(21-2)16(14)24-8-4-7-18;1-2(3)4/h3,5-6,13H,4,7-12,18H2,1-2H3;1H3,(H,3,4). The molecule has 1 aliphatic rings. The van der Waals surface area contributed by atoms with Gasteiger partial charge in [-0.1, -0.05) is 6.07 Å². The lowest BCUT2D eigenvalue weighted by atomic mass is 10.1. The van der Waals surface area contributed by atoms with E-state index >= 15 is 0 Å². The summed E-state index contributed by atoms with van der Waals surface area (Å²) in [5, 5.41) is 7.42. The number of likely N-dealkylation sites (N-methyl/N-ethyl adjacent to an activating group) is 1. The molecule has 0 radical (unpaired) electrons. The van der Waals surface area contributed by atoms with E-state index in [0.717, 1.165) is 6.92 Å². The van der Waals surface area contributed by atoms with E-state index in [2.05, 4.69) is 0 Å². The predicted molar refractivity (Wildman–Crippen MR) is 103 cm³/mol. The van der Waals surface area contributed by atoms with Crippen molar-refractivity contribution in [2.45, 2.75) is 19.4 Å². The van der Waals surface area contributed by atoms with E-state index in [0.29, 0.717) is 63.0 Å². The van der Waals surface area contributed by atoms with Crippen molar-refractivity contribution in [3.8, 4) is 11.5 Å². The minimum atomic E-state index is -0.833. The maximum atomic E-state index is 12.8. The Balaban J connectivity index is 0.000000892. The Bertz CT molecular complexity index is 614. The second-order valence-electron chi connectivity index (χ2n) is 6.10. The average Bonchev–Trinajstić information content (AvgIpc) is 2.68. The molecule has 1 aliphatic heterocycles. The van der Waals surface area contributed by atoms with Crippen molar-refractivity contribution in [1.82, 2.24) is 4.90 Å². The quantitative estimate of drug-likeness (QED) is 0.622. The first-order valence-corrected chi connectivity index (χ1v) is 9.04. The number of hydrogen-bond donors (Lipinski definition) is 2. The third kappa shape index (κ3) is 8.12. The van der Waals surface area contributed by atoms with Gasteiger partial charge in [0.2, 0.25) is 0 Å². The summed E-state index contributed by atoms with van der Waals surface area (Å²) >= 11 is 0. The molecule has 9 heteroatoms. The highest BCUT2D eigenvalue weighted by Crippen LogP contribution is 2.32. The fourth-order valence-electron chi connectivity index (χ4n) is 2.49. The molecule has 0 aromatic heterocycles. The van der Waals surface area contributed by atoms with Crippen LogP contribution in [0.15, 0.2) is 18.2 Å². The molecule has 158 valence electrons. The molecular weight excluding hydrogens is 368 g/mol. The third-order valence-electron chi connectivity index (χ3n) is 3.73. The third-order valence-corrected chi connectivity index (χ3v) is 3.73. The highest BCUT2D eigenvalue weighted by Gasteiger charge is 2.24. The van der Waals surface area contributed by atoms with E-state index in [-0.39, 0.29) is 12.0 Å². The van der Waals surface area contributed by atoms with Gasteiger partial charge in [-0.3, -0.25) is 9.59 Å². The van der Waals surface area contributed by atoms with Gasteiger partial charge < -0.3 is 34.7 Å². The first-order chi connectivity index (χ1) is 13.4. The van der Waals surface area contributed by atoms with E-state index in [1.807, 2.05) is 0 Å². The number of ether oxygens (including phenoxy) is 4. The monoisotopic (exact) mass is 398 g/mol. The molecule has 0 saturated carbocycles. The number of carboxylic acid groups (broad SMARTS) is 1. The zero-order valence-electron chi connectivity index (χ0n) is 16.7. The zero-order chi connectivity index (χ0) is 20.9. The van der Waals surface area contributed by atoms with Gasteiger partial charge in [-0.05, 0) is 25.1 Å². The van der Waals surface area contributed by atoms with Gasteiger partial charge in [-0.15, -0.1) is 0 Å². The lowest BCUT2D eigenvalue weighted by Crippen LogP contribution is -2.40. The van der Waals surface area contributed by atoms with Crippen LogP contribution >= 0.6 is 0 Å². The molecule has 0 bridgehead atoms. The summed E-state index contributed by atoms with van der Waals surface area (Å²) in [7, 11) is 3.29. The SMILES string of the molecule is CC(=O)O.COc1cccc(C(=O)N(C)CC2COCCO2)c1OCCCN. The van der Waals surface area contributed by atoms with Crippen molar-refractivity contribution < 1.29 is 33.6 Å². The fraction of sp³-hybridized carbons (Fsp3) is 0.579. The molecule has 1 fully saturated rings. The zero-order valence-corrected chi connectivity index (χ0v) is 16.7. The fourth-order valence-corrected chi connectivity index (χ4v) is 2.49. The van der Waals surface area contributed by atoms with Gasteiger partial charge in [0.15, 0.2) is 11.5 Å². The van der Waals surface area contributed by atoms with E-state index in [4.69, 9.17) is 34.6 Å². The maximum Gasteiger partial charge on any atom is 0.300 e. The molecule has 1 amide bonds. The number of aliphatic carboxylic acids is 1. The molecule has 1 heterocycles. The summed E-state index contributed by atoms with van der Waals surface area (Å²) in [4.78, 5) is 23.4. The Kier molecular flexibility index (Phi) is 10.9. The summed E-state index contributed by atoms with van der Waals surface area (Å²) < 4.78 is 22.1. The van der Waals surface area contributed by atoms with Crippen molar-refractivity contribution in [1.29, 1.82) is 0 Å². The molecule has 1 atom stereocenters. The number of hydrogen-bond acceptors (Lipinski definition) is 7. The summed E-state index contributed by atoms with van der Waals surface area (Å²) in [5.74, 6) is 0.000422. The van der Waals surface area contributed by atoms with Crippen molar-refractivity contribution in [3.05, 3.63) is 23.8 Å². The summed E-state index contributed by atoms with van der Waals surface area (Å²) in [6.07, 6.45) is 0.592. The highest BCUT2D eigenvalue weighted by atomic mass is 16.6. The molecule has 3 N–H and O–H groups in total. The van der Waals surface area contributed by atoms with Crippen LogP contribution in [0.3, 0.4) is 0 Å². The Morgan fingerprint density at radius 2 is 2.07 bits per heavy atom. The number of para-hydroxylation sites is 1. The minimum absolute atomic E-state index is 0.111. The molecule has 2 rings (SSSR count). The topological polar surface area (TPSA) is 121 Å². The number of carbonyl (C=O) groups is 2. The number of carbonyl (C=O) groups excluding carboxylic acids is 1. The highest BCUT2D eigenvalue weighted by molar-refractivity contribution is 5.97. The number of nitrogens with two attached hydrogens (primary N) is 1. The average molecular weight is 398 g/mol. The van der Waals surface area contributed by atoms with Crippen LogP contribution in [-0.2, 0) is 14.3 Å². The van der Waals surface area contributed by atoms with E-state index in [9.17, 15) is 4.79 Å². The molecule has 1 unspecified atom stereocenters. The molecule has 28 heavy (non-hydrogen) atoms. The van der Waals surface area contributed by atoms with Crippen LogP contribution < -0.4 is 15.2 Å². The van der Waals surface area contributed by atoms with Crippen LogP contribution in [0, 0.1) is 0 Å². The lowest BCUT2D eigenvalue weighted by molar-refractivity contribution is -0.134. The number of nitrogens with zero attached hydrogens (tertiary/aromatic N) is 1. The molecular formula is C19H30N2O7. The first-order valence-electron chi connectivity index (χ1n) is 9.04. The second-order valence-corrected chi connectivity index (χ2v) is 6.10. The first kappa shape index (κ1) is 23.7. The summed E-state index contributed by atoms with van der Waals surface area (Å²) in [5.41, 5.74) is 5.96. The van der Waals surface area contributed by atoms with Crippen molar-refractivity contribution >= 4 is 11.9 Å². The van der Waals surface area contributed by atoms with Gasteiger partial charge in [0, 0.05) is 20.5 Å². The normalized spacial score (nSPS) is 15.8. The molecule has 1 aromatic rings. The van der Waals surface area contributed by atoms with Crippen LogP contribution in [0.25, 0.3) is 0 Å². The van der Waals surface area contributed by atoms with Crippen LogP contribution in [0.4, 0.5) is 0 Å². The predicted octanol–water partition coefficient (Wildman–Crippen LogP) is 1.00. The van der Waals surface area contributed by atoms with Gasteiger partial charge in [0.1, 0.15) is 0 Å². The van der Waals surface area contributed by atoms with Gasteiger partial charge >= 0.3 is 0 Å². The molecule has 0 aliphatic carbocycles. The Labute approximate surface area is 165 Å². The number of methoxy groups -OCH3 is 1. The molecule has 1 saturated heterocycles. The summed E-state index contributed by atoms with van der Waals surface area (Å²) in [6.45, 7) is 4.15. The van der Waals surface area contributed by atoms with Crippen molar-refractivity contribution in [3.63, 3.8) is 0 Å². The van der Waals surface area contributed by atoms with Gasteiger partial charge in [0.25, 0.3) is 11.9 Å². The number of benzene rings is 1. The molecule has 1 aromatic carbocycles. The smallest absolute Gasteiger partial charge is 0.300 e. The van der Waals surface area contributed by atoms with E-state index < -0.39 is 5.97 Å². The lowest BCUT2D eigenvalue weighted by Gasteiger charge is -2.28. The number of amides is 1. The van der Waals surface area contributed by atoms with Crippen molar-refractivity contribution in [2.24, 2.45) is 5.73 Å². The number of carboxylic acids is 1. The Morgan fingerprint density at radius 1 is 1.36 bits per heavy atom. The van der Waals surface area contributed by atoms with Crippen LogP contribution in [0.5, 0.6) is 11.5 Å². The Morgan fingerprint density at radius 3 is 2.64 bits per heavy atom. The van der Waals surface area contributed by atoms with E-state index in [1.165, 1.54) is 0 Å². The largest absolute Gasteiger partial charge is 0.493 e. The molecule has 0 spiro atoms. The van der Waals surface area contributed by atoms with E-state index in [1.54, 1.807) is 37.3 Å². The van der Waals surface area contributed by atoms with Crippen LogP contribution in [0.1, 0.15) is 23.7 Å². The van der Waals surface area contributed by atoms with Gasteiger partial charge in [-0.2, -0.15) is 0 Å². The second kappa shape index (κ2) is 12.9. The number of rotatable bonds is 8. The summed E-state index contributed by atoms with van der Waals surface area (Å²) in [6, 6.07) is 5.28.